The van der Waals surface area contributed by atoms with Gasteiger partial charge in [0.2, 0.25) is 0 Å². The summed E-state index contributed by atoms with van der Waals surface area (Å²) in [7, 11) is 0. The number of nitrogens with two attached hydrogens (primary N) is 1. The van der Waals surface area contributed by atoms with Gasteiger partial charge in [0.1, 0.15) is 0 Å². The van der Waals surface area contributed by atoms with Gasteiger partial charge in [0.05, 0.1) is 0 Å². The second-order valence-corrected chi connectivity index (χ2v) is 3.19. The van der Waals surface area contributed by atoms with Crippen LogP contribution in [-0.2, 0) is 0 Å². The highest BCUT2D eigenvalue weighted by molar-refractivity contribution is 6.11. The topological polar surface area (TPSA) is 43.1 Å². The Morgan fingerprint density at radius 2 is 1.80 bits per heavy atom. The molecular weight excluding hydrogens is 186 g/mol. The van der Waals surface area contributed by atoms with E-state index in [9.17, 15) is 4.79 Å². The van der Waals surface area contributed by atoms with Gasteiger partial charge in [-0.1, -0.05) is 36.4 Å². The molecule has 0 unspecified atom stereocenters. The van der Waals surface area contributed by atoms with Gasteiger partial charge in [-0.05, 0) is 18.2 Å². The van der Waals surface area contributed by atoms with Crippen molar-refractivity contribution in [2.45, 2.75) is 0 Å². The van der Waals surface area contributed by atoms with E-state index in [1.54, 1.807) is 36.4 Å². The number of hydrogen-bond donors (Lipinski definition) is 1. The number of ketones is 1. The molecule has 15 heavy (non-hydrogen) atoms. The highest BCUT2D eigenvalue weighted by atomic mass is 16.1. The van der Waals surface area contributed by atoms with Crippen molar-refractivity contribution >= 4 is 11.5 Å². The number of para-hydroxylation sites is 1. The number of rotatable bonds is 2. The fourth-order valence-corrected chi connectivity index (χ4v) is 1.38. The van der Waals surface area contributed by atoms with E-state index in [4.69, 9.17) is 5.73 Å². The molecule has 0 aliphatic heterocycles. The highest BCUT2D eigenvalue weighted by Crippen LogP contribution is 2.15. The first kappa shape index (κ1) is 9.46. The first-order valence-corrected chi connectivity index (χ1v) is 4.65. The molecule has 2 aromatic carbocycles. The van der Waals surface area contributed by atoms with E-state index in [1.807, 2.05) is 12.1 Å². The van der Waals surface area contributed by atoms with Crippen molar-refractivity contribution in [1.29, 1.82) is 0 Å². The fourth-order valence-electron chi connectivity index (χ4n) is 1.38. The van der Waals surface area contributed by atoms with Gasteiger partial charge in [-0.2, -0.15) is 0 Å². The second kappa shape index (κ2) is 3.96. The standard InChI is InChI=1S/C13H10NO/c14-12-9-5-4-8-11(12)13(15)10-6-2-1-3-7-10/h1-6,8-9H,14H2. The molecule has 0 heterocycles. The lowest BCUT2D eigenvalue weighted by Crippen LogP contribution is -2.04. The summed E-state index contributed by atoms with van der Waals surface area (Å²) in [6.45, 7) is 0. The van der Waals surface area contributed by atoms with E-state index in [0.717, 1.165) is 0 Å². The number of carbonyl (C=O) groups excluding carboxylic acids is 1. The van der Waals surface area contributed by atoms with Crippen molar-refractivity contribution in [3.8, 4) is 0 Å². The second-order valence-electron chi connectivity index (χ2n) is 3.19. The smallest absolute Gasteiger partial charge is 0.195 e. The Labute approximate surface area is 88.4 Å². The molecule has 0 saturated heterocycles. The van der Waals surface area contributed by atoms with Crippen LogP contribution in [0.1, 0.15) is 15.9 Å². The Hall–Kier alpha value is -2.09. The van der Waals surface area contributed by atoms with Gasteiger partial charge in [0.15, 0.2) is 5.78 Å². The summed E-state index contributed by atoms with van der Waals surface area (Å²) < 4.78 is 0. The average Bonchev–Trinajstić information content (AvgIpc) is 2.30. The van der Waals surface area contributed by atoms with Crippen LogP contribution in [0, 0.1) is 6.07 Å². The van der Waals surface area contributed by atoms with Crippen LogP contribution in [0.2, 0.25) is 0 Å². The van der Waals surface area contributed by atoms with Gasteiger partial charge >= 0.3 is 0 Å². The number of carbonyl (C=O) groups is 1. The summed E-state index contributed by atoms with van der Waals surface area (Å²) in [5.74, 6) is -0.0892. The third-order valence-electron chi connectivity index (χ3n) is 2.16. The average molecular weight is 196 g/mol. The van der Waals surface area contributed by atoms with Gasteiger partial charge in [-0.15, -0.1) is 0 Å². The Morgan fingerprint density at radius 3 is 2.47 bits per heavy atom. The molecule has 0 saturated carbocycles. The molecule has 73 valence electrons. The summed E-state index contributed by atoms with van der Waals surface area (Å²) in [5.41, 5.74) is 7.29. The maximum absolute atomic E-state index is 12.0. The third kappa shape index (κ3) is 1.89. The van der Waals surface area contributed by atoms with Crippen LogP contribution in [0.4, 0.5) is 5.69 Å². The minimum atomic E-state index is -0.0892. The molecule has 0 aromatic heterocycles. The van der Waals surface area contributed by atoms with Crippen LogP contribution >= 0.6 is 0 Å². The molecule has 0 atom stereocenters. The molecule has 2 rings (SSSR count). The number of anilines is 1. The van der Waals surface area contributed by atoms with Gasteiger partial charge in [0.25, 0.3) is 0 Å². The summed E-state index contributed by atoms with van der Waals surface area (Å²) in [4.78, 5) is 12.0. The molecule has 0 bridgehead atoms. The van der Waals surface area contributed by atoms with Crippen molar-refractivity contribution in [2.24, 2.45) is 0 Å². The van der Waals surface area contributed by atoms with Crippen LogP contribution in [-0.4, -0.2) is 5.78 Å². The molecule has 0 aliphatic carbocycles. The largest absolute Gasteiger partial charge is 0.398 e. The maximum Gasteiger partial charge on any atom is 0.195 e. The summed E-state index contributed by atoms with van der Waals surface area (Å²) in [6.07, 6.45) is 0. The van der Waals surface area contributed by atoms with E-state index >= 15 is 0 Å². The lowest BCUT2D eigenvalue weighted by Gasteiger charge is -2.03. The molecular formula is C13H10NO. The van der Waals surface area contributed by atoms with Gasteiger partial charge < -0.3 is 5.73 Å². The van der Waals surface area contributed by atoms with Gasteiger partial charge in [-0.3, -0.25) is 4.79 Å². The predicted molar refractivity (Wildman–Crippen MR) is 59.6 cm³/mol. The highest BCUT2D eigenvalue weighted by Gasteiger charge is 2.10. The number of hydrogen-bond acceptors (Lipinski definition) is 2. The zero-order chi connectivity index (χ0) is 10.7. The Bertz CT molecular complexity index is 477. The lowest BCUT2D eigenvalue weighted by molar-refractivity contribution is 0.103. The molecule has 2 aromatic rings. The van der Waals surface area contributed by atoms with Crippen molar-refractivity contribution in [1.82, 2.24) is 0 Å². The normalized spacial score (nSPS) is 9.87. The van der Waals surface area contributed by atoms with E-state index in [0.29, 0.717) is 16.8 Å². The monoisotopic (exact) mass is 196 g/mol. The van der Waals surface area contributed by atoms with E-state index in [-0.39, 0.29) is 5.78 Å². The molecule has 0 amide bonds. The quantitative estimate of drug-likeness (QED) is 0.591. The van der Waals surface area contributed by atoms with Crippen molar-refractivity contribution in [2.75, 3.05) is 5.73 Å². The zero-order valence-electron chi connectivity index (χ0n) is 8.10. The van der Waals surface area contributed by atoms with Crippen LogP contribution in [0.3, 0.4) is 0 Å². The third-order valence-corrected chi connectivity index (χ3v) is 2.16. The van der Waals surface area contributed by atoms with Crippen molar-refractivity contribution < 1.29 is 4.79 Å². The fraction of sp³-hybridized carbons (Fsp3) is 0. The van der Waals surface area contributed by atoms with E-state index in [1.165, 1.54) is 0 Å². The van der Waals surface area contributed by atoms with Crippen LogP contribution in [0.25, 0.3) is 0 Å². The van der Waals surface area contributed by atoms with Gasteiger partial charge in [0, 0.05) is 16.8 Å². The SMILES string of the molecule is Nc1ccccc1C(=O)c1[c]cccc1. The molecule has 1 radical (unpaired) electrons. The molecule has 0 fully saturated rings. The molecule has 2 N–H and O–H groups in total. The number of benzene rings is 2. The minimum Gasteiger partial charge on any atom is -0.398 e. The molecule has 0 aliphatic rings. The summed E-state index contributed by atoms with van der Waals surface area (Å²) >= 11 is 0. The summed E-state index contributed by atoms with van der Waals surface area (Å²) in [6, 6.07) is 17.0. The van der Waals surface area contributed by atoms with Crippen LogP contribution < -0.4 is 5.73 Å². The predicted octanol–water partition coefficient (Wildman–Crippen LogP) is 2.30. The van der Waals surface area contributed by atoms with E-state index in [2.05, 4.69) is 6.07 Å². The Morgan fingerprint density at radius 1 is 1.07 bits per heavy atom. The first-order valence-electron chi connectivity index (χ1n) is 4.65. The Balaban J connectivity index is 2.42. The number of nitrogen functional groups attached to an aromatic ring is 1. The molecule has 2 heteroatoms. The lowest BCUT2D eigenvalue weighted by atomic mass is 10.0. The van der Waals surface area contributed by atoms with Gasteiger partial charge in [-0.25, -0.2) is 0 Å². The summed E-state index contributed by atoms with van der Waals surface area (Å²) in [5, 5.41) is 0. The van der Waals surface area contributed by atoms with E-state index < -0.39 is 0 Å². The van der Waals surface area contributed by atoms with Crippen LogP contribution in [0.15, 0.2) is 48.5 Å². The molecule has 2 nitrogen and oxygen atoms in total. The minimum absolute atomic E-state index is 0.0892. The molecule has 0 spiro atoms. The van der Waals surface area contributed by atoms with Crippen LogP contribution in [0.5, 0.6) is 0 Å². The van der Waals surface area contributed by atoms with Crippen molar-refractivity contribution in [3.63, 3.8) is 0 Å². The van der Waals surface area contributed by atoms with Crippen molar-refractivity contribution in [3.05, 3.63) is 65.7 Å². The zero-order valence-corrected chi connectivity index (χ0v) is 8.10. The first-order chi connectivity index (χ1) is 7.29. The maximum atomic E-state index is 12.0. The Kier molecular flexibility index (Phi) is 2.50.